The number of benzene rings is 3. The molecule has 0 bridgehead atoms. The smallest absolute Gasteiger partial charge is 0.251 e. The van der Waals surface area contributed by atoms with Crippen LogP contribution < -0.4 is 5.32 Å². The number of carbonyl (C=O) groups excluding carboxylic acids is 1. The molecule has 0 aliphatic rings. The quantitative estimate of drug-likeness (QED) is 0.329. The number of hydrogen-bond donors (Lipinski definition) is 1. The van der Waals surface area contributed by atoms with Crippen LogP contribution in [0.5, 0.6) is 0 Å². The SMILES string of the molecule is O=C(NC[C@@H](Cc1ccccc1F)c1ccccc1)c1ccc(S(=O)(=O)N(CCCl)CCCl)cc1. The van der Waals surface area contributed by atoms with Gasteiger partial charge in [0.15, 0.2) is 0 Å². The van der Waals surface area contributed by atoms with Crippen molar-refractivity contribution in [2.45, 2.75) is 17.2 Å². The van der Waals surface area contributed by atoms with Gasteiger partial charge < -0.3 is 5.32 Å². The number of nitrogens with one attached hydrogen (secondary N) is 1. The molecule has 186 valence electrons. The number of sulfonamides is 1. The van der Waals surface area contributed by atoms with Gasteiger partial charge in [-0.1, -0.05) is 48.5 Å². The van der Waals surface area contributed by atoms with Gasteiger partial charge in [-0.25, -0.2) is 12.8 Å². The summed E-state index contributed by atoms with van der Waals surface area (Å²) in [5.41, 5.74) is 1.88. The molecule has 0 fully saturated rings. The molecule has 3 rings (SSSR count). The maximum atomic E-state index is 14.3. The third-order valence-electron chi connectivity index (χ3n) is 5.63. The largest absolute Gasteiger partial charge is 0.351 e. The highest BCUT2D eigenvalue weighted by Gasteiger charge is 2.24. The van der Waals surface area contributed by atoms with Gasteiger partial charge in [-0.2, -0.15) is 4.31 Å². The van der Waals surface area contributed by atoms with E-state index in [4.69, 9.17) is 23.2 Å². The second kappa shape index (κ2) is 13.0. The highest BCUT2D eigenvalue weighted by Crippen LogP contribution is 2.22. The second-order valence-electron chi connectivity index (χ2n) is 7.92. The molecule has 0 aliphatic carbocycles. The number of hydrogen-bond acceptors (Lipinski definition) is 3. The van der Waals surface area contributed by atoms with Gasteiger partial charge in [-0.15, -0.1) is 23.2 Å². The predicted octanol–water partition coefficient (Wildman–Crippen LogP) is 5.05. The molecule has 0 heterocycles. The molecule has 35 heavy (non-hydrogen) atoms. The summed E-state index contributed by atoms with van der Waals surface area (Å²) in [5, 5.41) is 2.90. The van der Waals surface area contributed by atoms with E-state index < -0.39 is 10.0 Å². The molecule has 9 heteroatoms. The first-order valence-corrected chi connectivity index (χ1v) is 13.7. The monoisotopic (exact) mass is 536 g/mol. The Bertz CT molecular complexity index is 1200. The van der Waals surface area contributed by atoms with E-state index in [1.807, 2.05) is 30.3 Å². The summed E-state index contributed by atoms with van der Waals surface area (Å²) in [7, 11) is -3.77. The van der Waals surface area contributed by atoms with Crippen molar-refractivity contribution in [3.8, 4) is 0 Å². The summed E-state index contributed by atoms with van der Waals surface area (Å²) >= 11 is 11.5. The summed E-state index contributed by atoms with van der Waals surface area (Å²) < 4.78 is 41.2. The van der Waals surface area contributed by atoms with E-state index in [1.165, 1.54) is 34.6 Å². The lowest BCUT2D eigenvalue weighted by Gasteiger charge is -2.20. The summed E-state index contributed by atoms with van der Waals surface area (Å²) in [5.74, 6) is -0.481. The molecule has 1 amide bonds. The lowest BCUT2D eigenvalue weighted by atomic mass is 9.91. The zero-order valence-electron chi connectivity index (χ0n) is 19.0. The molecule has 0 saturated carbocycles. The highest BCUT2D eigenvalue weighted by atomic mass is 35.5. The standard InChI is InChI=1S/C26H27Cl2FN2O3S/c27-14-16-31(17-15-28)35(33,34)24-12-10-21(11-13-24)26(32)30-19-23(20-6-2-1-3-7-20)18-22-8-4-5-9-25(22)29/h1-13,23H,14-19H2,(H,30,32)/t23-/m1/s1. The molecule has 1 atom stereocenters. The normalized spacial score (nSPS) is 12.5. The van der Waals surface area contributed by atoms with Crippen molar-refractivity contribution in [3.05, 3.63) is 101 Å². The molecule has 3 aromatic carbocycles. The minimum atomic E-state index is -3.77. The number of carbonyl (C=O) groups is 1. The van der Waals surface area contributed by atoms with Gasteiger partial charge in [0.05, 0.1) is 4.90 Å². The van der Waals surface area contributed by atoms with E-state index in [1.54, 1.807) is 18.2 Å². The Morgan fingerprint density at radius 2 is 1.49 bits per heavy atom. The van der Waals surface area contributed by atoms with Crippen molar-refractivity contribution in [2.24, 2.45) is 0 Å². The third kappa shape index (κ3) is 7.27. The van der Waals surface area contributed by atoms with E-state index in [9.17, 15) is 17.6 Å². The Morgan fingerprint density at radius 1 is 0.886 bits per heavy atom. The van der Waals surface area contributed by atoms with Crippen LogP contribution in [0.15, 0.2) is 83.8 Å². The summed E-state index contributed by atoms with van der Waals surface area (Å²) in [6.07, 6.45) is 0.422. The molecule has 0 radical (unpaired) electrons. The Kier molecular flexibility index (Phi) is 10.1. The molecule has 1 N–H and O–H groups in total. The van der Waals surface area contributed by atoms with Crippen LogP contribution in [-0.2, 0) is 16.4 Å². The average molecular weight is 537 g/mol. The molecular formula is C26H27Cl2FN2O3S. The van der Waals surface area contributed by atoms with E-state index in [0.717, 1.165) is 5.56 Å². The summed E-state index contributed by atoms with van der Waals surface area (Å²) in [4.78, 5) is 12.9. The lowest BCUT2D eigenvalue weighted by Crippen LogP contribution is -2.34. The van der Waals surface area contributed by atoms with Crippen LogP contribution in [0, 0.1) is 5.82 Å². The molecular weight excluding hydrogens is 510 g/mol. The van der Waals surface area contributed by atoms with Gasteiger partial charge in [-0.3, -0.25) is 4.79 Å². The van der Waals surface area contributed by atoms with Crippen molar-refractivity contribution < 1.29 is 17.6 Å². The second-order valence-corrected chi connectivity index (χ2v) is 10.6. The maximum absolute atomic E-state index is 14.3. The number of halogens is 3. The van der Waals surface area contributed by atoms with Gasteiger partial charge in [0, 0.05) is 42.9 Å². The minimum Gasteiger partial charge on any atom is -0.351 e. The van der Waals surface area contributed by atoms with Crippen LogP contribution in [0.2, 0.25) is 0 Å². The van der Waals surface area contributed by atoms with E-state index in [2.05, 4.69) is 5.32 Å². The van der Waals surface area contributed by atoms with Crippen LogP contribution in [0.4, 0.5) is 4.39 Å². The van der Waals surface area contributed by atoms with Crippen LogP contribution in [0.25, 0.3) is 0 Å². The first-order valence-electron chi connectivity index (χ1n) is 11.2. The highest BCUT2D eigenvalue weighted by molar-refractivity contribution is 7.89. The first-order chi connectivity index (χ1) is 16.9. The molecule has 0 aliphatic heterocycles. The van der Waals surface area contributed by atoms with Gasteiger partial charge in [0.1, 0.15) is 5.82 Å². The molecule has 0 aromatic heterocycles. The Balaban J connectivity index is 1.72. The summed E-state index contributed by atoms with van der Waals surface area (Å²) in [6.45, 7) is 0.569. The van der Waals surface area contributed by atoms with Crippen molar-refractivity contribution >= 4 is 39.1 Å². The fraction of sp³-hybridized carbons (Fsp3) is 0.269. The maximum Gasteiger partial charge on any atom is 0.251 e. The topological polar surface area (TPSA) is 66.5 Å². The van der Waals surface area contributed by atoms with E-state index in [-0.39, 0.29) is 53.9 Å². The number of amides is 1. The predicted molar refractivity (Wildman–Crippen MR) is 138 cm³/mol. The fourth-order valence-electron chi connectivity index (χ4n) is 3.75. The molecule has 0 spiro atoms. The molecule has 0 unspecified atom stereocenters. The third-order valence-corrected chi connectivity index (χ3v) is 7.88. The fourth-order valence-corrected chi connectivity index (χ4v) is 5.80. The van der Waals surface area contributed by atoms with Crippen LogP contribution in [0.3, 0.4) is 0 Å². The van der Waals surface area contributed by atoms with Crippen molar-refractivity contribution in [1.29, 1.82) is 0 Å². The molecule has 3 aromatic rings. The van der Waals surface area contributed by atoms with Crippen molar-refractivity contribution in [2.75, 3.05) is 31.4 Å². The van der Waals surface area contributed by atoms with Crippen LogP contribution in [-0.4, -0.2) is 50.0 Å². The van der Waals surface area contributed by atoms with E-state index >= 15 is 0 Å². The van der Waals surface area contributed by atoms with E-state index in [0.29, 0.717) is 17.5 Å². The average Bonchev–Trinajstić information content (AvgIpc) is 2.88. The van der Waals surface area contributed by atoms with Gasteiger partial charge in [0.2, 0.25) is 10.0 Å². The van der Waals surface area contributed by atoms with Crippen molar-refractivity contribution in [1.82, 2.24) is 9.62 Å². The number of rotatable bonds is 12. The Morgan fingerprint density at radius 3 is 2.09 bits per heavy atom. The number of nitrogens with zero attached hydrogens (tertiary/aromatic N) is 1. The lowest BCUT2D eigenvalue weighted by molar-refractivity contribution is 0.0951. The van der Waals surface area contributed by atoms with Crippen molar-refractivity contribution in [3.63, 3.8) is 0 Å². The Hall–Kier alpha value is -2.45. The first kappa shape index (κ1) is 27.1. The zero-order valence-corrected chi connectivity index (χ0v) is 21.4. The number of alkyl halides is 2. The molecule has 5 nitrogen and oxygen atoms in total. The molecule has 0 saturated heterocycles. The van der Waals surface area contributed by atoms with Crippen LogP contribution in [0.1, 0.15) is 27.4 Å². The van der Waals surface area contributed by atoms with Gasteiger partial charge in [0.25, 0.3) is 5.91 Å². The minimum absolute atomic E-state index is 0.0611. The van der Waals surface area contributed by atoms with Crippen LogP contribution >= 0.6 is 23.2 Å². The Labute approximate surface area is 215 Å². The van der Waals surface area contributed by atoms with Gasteiger partial charge in [-0.05, 0) is 47.9 Å². The summed E-state index contributed by atoms with van der Waals surface area (Å²) in [6, 6.07) is 21.9. The zero-order chi connectivity index (χ0) is 25.3. The van der Waals surface area contributed by atoms with Gasteiger partial charge >= 0.3 is 0 Å².